The largest absolute Gasteiger partial charge is 0.398 e. The second-order valence-corrected chi connectivity index (χ2v) is 4.74. The van der Waals surface area contributed by atoms with Gasteiger partial charge < -0.3 is 20.9 Å². The van der Waals surface area contributed by atoms with Gasteiger partial charge in [0.25, 0.3) is 0 Å². The summed E-state index contributed by atoms with van der Waals surface area (Å²) in [6.45, 7) is 2.83. The van der Waals surface area contributed by atoms with Gasteiger partial charge in [-0.05, 0) is 25.1 Å². The van der Waals surface area contributed by atoms with Gasteiger partial charge in [0.15, 0.2) is 5.78 Å². The van der Waals surface area contributed by atoms with E-state index in [1.54, 1.807) is 18.2 Å². The molecule has 0 aromatic heterocycles. The monoisotopic (exact) mass is 250 g/mol. The first-order valence-corrected chi connectivity index (χ1v) is 5.95. The third kappa shape index (κ3) is 2.80. The molecule has 0 aliphatic carbocycles. The van der Waals surface area contributed by atoms with E-state index in [2.05, 4.69) is 5.32 Å². The van der Waals surface area contributed by atoms with Gasteiger partial charge in [-0.15, -0.1) is 0 Å². The number of nitrogen functional groups attached to an aromatic ring is 1. The van der Waals surface area contributed by atoms with Crippen molar-refractivity contribution in [2.75, 3.05) is 30.8 Å². The van der Waals surface area contributed by atoms with Crippen LogP contribution in [0, 0.1) is 0 Å². The summed E-state index contributed by atoms with van der Waals surface area (Å²) < 4.78 is 5.16. The van der Waals surface area contributed by atoms with Gasteiger partial charge >= 0.3 is 0 Å². The topological polar surface area (TPSA) is 84.6 Å². The summed E-state index contributed by atoms with van der Waals surface area (Å²) >= 11 is 0. The summed E-state index contributed by atoms with van der Waals surface area (Å²) in [5.41, 5.74) is 6.73. The van der Waals surface area contributed by atoms with Crippen molar-refractivity contribution in [2.24, 2.45) is 0 Å². The fraction of sp³-hybridized carbons (Fsp3) is 0.462. The molecule has 1 fully saturated rings. The lowest BCUT2D eigenvalue weighted by atomic mass is 10.0. The first-order chi connectivity index (χ1) is 8.50. The number of carbonyl (C=O) groups excluding carboxylic acids is 1. The zero-order valence-corrected chi connectivity index (χ0v) is 10.4. The zero-order valence-electron chi connectivity index (χ0n) is 10.4. The molecule has 1 aromatic rings. The minimum Gasteiger partial charge on any atom is -0.398 e. The van der Waals surface area contributed by atoms with Crippen molar-refractivity contribution in [3.8, 4) is 0 Å². The molecule has 0 bridgehead atoms. The highest BCUT2D eigenvalue weighted by Crippen LogP contribution is 2.22. The van der Waals surface area contributed by atoms with Crippen LogP contribution in [0.15, 0.2) is 18.2 Å². The van der Waals surface area contributed by atoms with Crippen LogP contribution in [-0.2, 0) is 4.74 Å². The lowest BCUT2D eigenvalue weighted by Crippen LogP contribution is -2.37. The molecule has 1 atom stereocenters. The quantitative estimate of drug-likeness (QED) is 0.549. The molecule has 4 N–H and O–H groups in total. The minimum atomic E-state index is -0.811. The maximum atomic E-state index is 11.2. The fourth-order valence-corrected chi connectivity index (χ4v) is 2.00. The van der Waals surface area contributed by atoms with Crippen molar-refractivity contribution in [2.45, 2.75) is 18.9 Å². The van der Waals surface area contributed by atoms with Gasteiger partial charge in [0.2, 0.25) is 0 Å². The molecule has 18 heavy (non-hydrogen) atoms. The molecule has 5 nitrogen and oxygen atoms in total. The number of ketones is 1. The number of ether oxygens (including phenoxy) is 1. The first kappa shape index (κ1) is 12.9. The Labute approximate surface area is 106 Å². The van der Waals surface area contributed by atoms with E-state index in [1.165, 1.54) is 6.92 Å². The van der Waals surface area contributed by atoms with E-state index in [4.69, 9.17) is 10.5 Å². The van der Waals surface area contributed by atoms with E-state index in [9.17, 15) is 9.90 Å². The average Bonchev–Trinajstić information content (AvgIpc) is 2.74. The third-order valence-electron chi connectivity index (χ3n) is 3.13. The number of benzene rings is 1. The normalized spacial score (nSPS) is 23.0. The van der Waals surface area contributed by atoms with E-state index in [0.717, 1.165) is 5.69 Å². The highest BCUT2D eigenvalue weighted by atomic mass is 16.5. The molecule has 1 saturated heterocycles. The van der Waals surface area contributed by atoms with Gasteiger partial charge in [-0.1, -0.05) is 0 Å². The average molecular weight is 250 g/mol. The molecule has 5 heteroatoms. The van der Waals surface area contributed by atoms with Crippen LogP contribution in [0.2, 0.25) is 0 Å². The second-order valence-electron chi connectivity index (χ2n) is 4.74. The molecule has 0 amide bonds. The lowest BCUT2D eigenvalue weighted by molar-refractivity contribution is 0.0382. The highest BCUT2D eigenvalue weighted by Gasteiger charge is 2.31. The van der Waals surface area contributed by atoms with Crippen LogP contribution in [0.1, 0.15) is 23.7 Å². The van der Waals surface area contributed by atoms with Gasteiger partial charge in [-0.25, -0.2) is 0 Å². The Bertz CT molecular complexity index is 454. The standard InChI is InChI=1S/C13H18N2O3/c1-9(16)11-3-2-10(6-12(11)14)15-7-13(17)4-5-18-8-13/h2-3,6,15,17H,4-5,7-8,14H2,1H3. The van der Waals surface area contributed by atoms with Crippen LogP contribution in [-0.4, -0.2) is 36.2 Å². The van der Waals surface area contributed by atoms with Gasteiger partial charge in [-0.2, -0.15) is 0 Å². The lowest BCUT2D eigenvalue weighted by Gasteiger charge is -2.21. The van der Waals surface area contributed by atoms with Crippen molar-refractivity contribution in [3.05, 3.63) is 23.8 Å². The Kier molecular flexibility index (Phi) is 3.54. The summed E-state index contributed by atoms with van der Waals surface area (Å²) in [4.78, 5) is 11.2. The highest BCUT2D eigenvalue weighted by molar-refractivity contribution is 5.99. The van der Waals surface area contributed by atoms with Crippen molar-refractivity contribution in [1.82, 2.24) is 0 Å². The molecule has 1 aliphatic heterocycles. The van der Waals surface area contributed by atoms with Crippen LogP contribution < -0.4 is 11.1 Å². The number of hydrogen-bond donors (Lipinski definition) is 3. The molecule has 98 valence electrons. The Morgan fingerprint density at radius 1 is 1.61 bits per heavy atom. The number of Topliss-reactive ketones (excluding diaryl/α,β-unsaturated/α-hetero) is 1. The maximum Gasteiger partial charge on any atom is 0.161 e. The third-order valence-corrected chi connectivity index (χ3v) is 3.13. The molecule has 0 spiro atoms. The van der Waals surface area contributed by atoms with Crippen molar-refractivity contribution >= 4 is 17.2 Å². The van der Waals surface area contributed by atoms with Gasteiger partial charge in [0.1, 0.15) is 5.60 Å². The first-order valence-electron chi connectivity index (χ1n) is 5.95. The summed E-state index contributed by atoms with van der Waals surface area (Å²) in [5.74, 6) is -0.0538. The van der Waals surface area contributed by atoms with E-state index in [1.807, 2.05) is 0 Å². The maximum absolute atomic E-state index is 11.2. The molecule has 1 aliphatic rings. The van der Waals surface area contributed by atoms with Gasteiger partial charge in [0, 0.05) is 36.5 Å². The van der Waals surface area contributed by atoms with Crippen LogP contribution in [0.5, 0.6) is 0 Å². The molecule has 1 unspecified atom stereocenters. The Morgan fingerprint density at radius 3 is 2.94 bits per heavy atom. The Hall–Kier alpha value is -1.59. The van der Waals surface area contributed by atoms with E-state index in [-0.39, 0.29) is 5.78 Å². The molecule has 0 saturated carbocycles. The van der Waals surface area contributed by atoms with Crippen LogP contribution in [0.3, 0.4) is 0 Å². The number of hydrogen-bond acceptors (Lipinski definition) is 5. The van der Waals surface area contributed by atoms with Crippen molar-refractivity contribution in [1.29, 1.82) is 0 Å². The van der Waals surface area contributed by atoms with Gasteiger partial charge in [-0.3, -0.25) is 4.79 Å². The number of carbonyl (C=O) groups is 1. The molecule has 2 rings (SSSR count). The summed E-state index contributed by atoms with van der Waals surface area (Å²) in [6, 6.07) is 5.18. The predicted octanol–water partition coefficient (Wildman–Crippen LogP) is 1.03. The summed E-state index contributed by atoms with van der Waals surface area (Å²) in [6.07, 6.45) is 0.626. The zero-order chi connectivity index (χ0) is 13.2. The van der Waals surface area contributed by atoms with E-state index in [0.29, 0.717) is 37.4 Å². The fourth-order valence-electron chi connectivity index (χ4n) is 2.00. The van der Waals surface area contributed by atoms with E-state index >= 15 is 0 Å². The Balaban J connectivity index is 2.02. The van der Waals surface area contributed by atoms with Crippen molar-refractivity contribution < 1.29 is 14.6 Å². The number of aliphatic hydroxyl groups is 1. The minimum absolute atomic E-state index is 0.0538. The molecule has 1 heterocycles. The Morgan fingerprint density at radius 2 is 2.39 bits per heavy atom. The molecule has 1 aromatic carbocycles. The van der Waals surface area contributed by atoms with Crippen LogP contribution >= 0.6 is 0 Å². The number of nitrogens with two attached hydrogens (primary N) is 1. The molecular weight excluding hydrogens is 232 g/mol. The second kappa shape index (κ2) is 4.96. The summed E-state index contributed by atoms with van der Waals surface area (Å²) in [5, 5.41) is 13.2. The van der Waals surface area contributed by atoms with Gasteiger partial charge in [0.05, 0.1) is 6.61 Å². The van der Waals surface area contributed by atoms with E-state index < -0.39 is 5.60 Å². The number of rotatable bonds is 4. The smallest absolute Gasteiger partial charge is 0.161 e. The number of nitrogens with one attached hydrogen (secondary N) is 1. The van der Waals surface area contributed by atoms with Crippen LogP contribution in [0.4, 0.5) is 11.4 Å². The molecule has 0 radical (unpaired) electrons. The van der Waals surface area contributed by atoms with Crippen LogP contribution in [0.25, 0.3) is 0 Å². The number of anilines is 2. The molecular formula is C13H18N2O3. The summed E-state index contributed by atoms with van der Waals surface area (Å²) in [7, 11) is 0. The SMILES string of the molecule is CC(=O)c1ccc(NCC2(O)CCOC2)cc1N. The van der Waals surface area contributed by atoms with Crippen molar-refractivity contribution in [3.63, 3.8) is 0 Å². The predicted molar refractivity (Wildman–Crippen MR) is 69.7 cm³/mol.